The normalized spacial score (nSPS) is 26.5. The molecule has 1 saturated heterocycles. The van der Waals surface area contributed by atoms with Crippen LogP contribution in [-0.2, 0) is 6.18 Å². The molecule has 1 fully saturated rings. The lowest BCUT2D eigenvalue weighted by molar-refractivity contribution is -0.137. The van der Waals surface area contributed by atoms with Gasteiger partial charge in [-0.25, -0.2) is 0 Å². The largest absolute Gasteiger partial charge is 0.417 e. The number of benzene rings is 1. The van der Waals surface area contributed by atoms with E-state index in [1.807, 2.05) is 0 Å². The zero-order valence-electron chi connectivity index (χ0n) is 12.4. The van der Waals surface area contributed by atoms with Crippen LogP contribution in [0.3, 0.4) is 0 Å². The van der Waals surface area contributed by atoms with Crippen LogP contribution in [-0.4, -0.2) is 12.6 Å². The number of piperidine rings is 1. The van der Waals surface area contributed by atoms with Crippen LogP contribution in [0.4, 0.5) is 18.9 Å². The second kappa shape index (κ2) is 5.59. The molecule has 2 rings (SSSR count). The lowest BCUT2D eigenvalue weighted by Gasteiger charge is -2.42. The van der Waals surface area contributed by atoms with E-state index in [1.165, 1.54) is 12.1 Å². The van der Waals surface area contributed by atoms with Gasteiger partial charge in [0.2, 0.25) is 0 Å². The third kappa shape index (κ3) is 3.15. The molecule has 0 aromatic heterocycles. The van der Waals surface area contributed by atoms with Crippen LogP contribution < -0.4 is 4.90 Å². The van der Waals surface area contributed by atoms with Gasteiger partial charge in [0, 0.05) is 18.3 Å². The molecule has 0 amide bonds. The average molecular weight is 296 g/mol. The number of halogens is 3. The third-order valence-electron chi connectivity index (χ3n) is 4.36. The molecule has 1 aliphatic heterocycles. The number of hydrogen-bond donors (Lipinski definition) is 0. The third-order valence-corrected chi connectivity index (χ3v) is 4.36. The van der Waals surface area contributed by atoms with Crippen LogP contribution in [0.25, 0.3) is 0 Å². The van der Waals surface area contributed by atoms with Gasteiger partial charge in [0.05, 0.1) is 17.2 Å². The summed E-state index contributed by atoms with van der Waals surface area (Å²) >= 11 is 0. The van der Waals surface area contributed by atoms with Crippen molar-refractivity contribution in [3.05, 3.63) is 29.3 Å². The molecule has 1 aromatic carbocycles. The van der Waals surface area contributed by atoms with Crippen LogP contribution in [0.15, 0.2) is 18.2 Å². The fraction of sp³-hybridized carbons (Fsp3) is 0.562. The molecule has 2 nitrogen and oxygen atoms in total. The van der Waals surface area contributed by atoms with Gasteiger partial charge < -0.3 is 4.90 Å². The Labute approximate surface area is 123 Å². The molecule has 0 aliphatic carbocycles. The summed E-state index contributed by atoms with van der Waals surface area (Å²) < 4.78 is 38.5. The molecule has 5 heteroatoms. The Bertz CT molecular complexity index is 560. The van der Waals surface area contributed by atoms with Crippen molar-refractivity contribution >= 4 is 5.69 Å². The molecule has 0 saturated carbocycles. The van der Waals surface area contributed by atoms with Gasteiger partial charge >= 0.3 is 6.18 Å². The Balaban J connectivity index is 2.39. The molecule has 114 valence electrons. The number of hydrogen-bond acceptors (Lipinski definition) is 2. The summed E-state index contributed by atoms with van der Waals surface area (Å²) in [4.78, 5) is 2.11. The van der Waals surface area contributed by atoms with E-state index in [4.69, 9.17) is 5.26 Å². The lowest BCUT2D eigenvalue weighted by atomic mass is 9.85. The molecule has 0 N–H and O–H groups in total. The summed E-state index contributed by atoms with van der Waals surface area (Å²) in [6.45, 7) is 7.19. The van der Waals surface area contributed by atoms with Crippen molar-refractivity contribution in [3.8, 4) is 6.07 Å². The quantitative estimate of drug-likeness (QED) is 0.765. The molecule has 3 atom stereocenters. The molecule has 0 bridgehead atoms. The van der Waals surface area contributed by atoms with E-state index in [2.05, 4.69) is 25.7 Å². The first-order valence-corrected chi connectivity index (χ1v) is 7.12. The van der Waals surface area contributed by atoms with Crippen LogP contribution >= 0.6 is 0 Å². The van der Waals surface area contributed by atoms with Crippen LogP contribution in [0.5, 0.6) is 0 Å². The Morgan fingerprint density at radius 2 is 1.90 bits per heavy atom. The van der Waals surface area contributed by atoms with Crippen LogP contribution in [0.2, 0.25) is 0 Å². The van der Waals surface area contributed by atoms with E-state index in [0.29, 0.717) is 17.5 Å². The van der Waals surface area contributed by atoms with Gasteiger partial charge in [0.1, 0.15) is 0 Å². The summed E-state index contributed by atoms with van der Waals surface area (Å²) in [7, 11) is 0. The number of rotatable bonds is 1. The van der Waals surface area contributed by atoms with E-state index >= 15 is 0 Å². The van der Waals surface area contributed by atoms with Gasteiger partial charge in [-0.05, 0) is 43.4 Å². The minimum atomic E-state index is -4.49. The fourth-order valence-corrected chi connectivity index (χ4v) is 3.11. The number of anilines is 1. The fourth-order valence-electron chi connectivity index (χ4n) is 3.11. The number of nitriles is 1. The van der Waals surface area contributed by atoms with Crippen molar-refractivity contribution < 1.29 is 13.2 Å². The molecule has 0 spiro atoms. The zero-order valence-corrected chi connectivity index (χ0v) is 12.4. The van der Waals surface area contributed by atoms with Crippen LogP contribution in [0.1, 0.15) is 38.3 Å². The molecule has 1 aliphatic rings. The predicted molar refractivity (Wildman–Crippen MR) is 75.9 cm³/mol. The monoisotopic (exact) mass is 296 g/mol. The minimum absolute atomic E-state index is 0.254. The van der Waals surface area contributed by atoms with Crippen molar-refractivity contribution in [1.82, 2.24) is 0 Å². The van der Waals surface area contributed by atoms with Crippen molar-refractivity contribution in [2.24, 2.45) is 11.8 Å². The highest BCUT2D eigenvalue weighted by Crippen LogP contribution is 2.36. The summed E-state index contributed by atoms with van der Waals surface area (Å²) in [6, 6.07) is 5.79. The highest BCUT2D eigenvalue weighted by Gasteiger charge is 2.35. The SMILES string of the molecule is CC1CC(C)C(C)N(c2ccc(C(F)(F)F)c(C#N)c2)C1. The molecule has 0 radical (unpaired) electrons. The van der Waals surface area contributed by atoms with Gasteiger partial charge in [0.15, 0.2) is 0 Å². The maximum absolute atomic E-state index is 12.8. The van der Waals surface area contributed by atoms with E-state index in [9.17, 15) is 13.2 Å². The summed E-state index contributed by atoms with van der Waals surface area (Å²) in [6.07, 6.45) is -3.37. The predicted octanol–water partition coefficient (Wildman–Crippen LogP) is 4.45. The van der Waals surface area contributed by atoms with Gasteiger partial charge in [-0.1, -0.05) is 13.8 Å². The van der Waals surface area contributed by atoms with E-state index in [-0.39, 0.29) is 11.6 Å². The van der Waals surface area contributed by atoms with Gasteiger partial charge in [-0.3, -0.25) is 0 Å². The molecular weight excluding hydrogens is 277 g/mol. The Kier molecular flexibility index (Phi) is 4.18. The topological polar surface area (TPSA) is 27.0 Å². The highest BCUT2D eigenvalue weighted by atomic mass is 19.4. The second-order valence-corrected chi connectivity index (χ2v) is 6.05. The standard InChI is InChI=1S/C16H19F3N2/c1-10-6-11(2)12(3)21(9-10)14-4-5-15(16(17,18)19)13(7-14)8-20/h4-5,7,10-12H,6,9H2,1-3H3. The van der Waals surface area contributed by atoms with Crippen molar-refractivity contribution in [2.75, 3.05) is 11.4 Å². The maximum atomic E-state index is 12.8. The molecule has 21 heavy (non-hydrogen) atoms. The van der Waals surface area contributed by atoms with Crippen molar-refractivity contribution in [3.63, 3.8) is 0 Å². The maximum Gasteiger partial charge on any atom is 0.417 e. The Morgan fingerprint density at radius 1 is 1.24 bits per heavy atom. The first-order valence-electron chi connectivity index (χ1n) is 7.12. The van der Waals surface area contributed by atoms with E-state index < -0.39 is 11.7 Å². The Morgan fingerprint density at radius 3 is 2.48 bits per heavy atom. The number of alkyl halides is 3. The molecular formula is C16H19F3N2. The van der Waals surface area contributed by atoms with Crippen LogP contribution in [0, 0.1) is 23.2 Å². The average Bonchev–Trinajstić information content (AvgIpc) is 2.41. The zero-order chi connectivity index (χ0) is 15.8. The number of nitrogens with zero attached hydrogens (tertiary/aromatic N) is 2. The molecule has 1 aromatic rings. The Hall–Kier alpha value is -1.70. The summed E-state index contributed by atoms with van der Waals surface area (Å²) in [5.74, 6) is 0.964. The van der Waals surface area contributed by atoms with Gasteiger partial charge in [-0.15, -0.1) is 0 Å². The van der Waals surface area contributed by atoms with Gasteiger partial charge in [-0.2, -0.15) is 18.4 Å². The minimum Gasteiger partial charge on any atom is -0.368 e. The first-order chi connectivity index (χ1) is 9.74. The second-order valence-electron chi connectivity index (χ2n) is 6.05. The van der Waals surface area contributed by atoms with E-state index in [1.54, 1.807) is 6.07 Å². The van der Waals surface area contributed by atoms with E-state index in [0.717, 1.165) is 19.0 Å². The van der Waals surface area contributed by atoms with Crippen molar-refractivity contribution in [2.45, 2.75) is 39.4 Å². The highest BCUT2D eigenvalue weighted by molar-refractivity contribution is 5.56. The first kappa shape index (κ1) is 15.7. The molecule has 3 unspecified atom stereocenters. The lowest BCUT2D eigenvalue weighted by Crippen LogP contribution is -2.45. The summed E-state index contributed by atoms with van der Waals surface area (Å²) in [5, 5.41) is 9.01. The molecule has 1 heterocycles. The van der Waals surface area contributed by atoms with Crippen molar-refractivity contribution in [1.29, 1.82) is 5.26 Å². The smallest absolute Gasteiger partial charge is 0.368 e. The summed E-state index contributed by atoms with van der Waals surface area (Å²) in [5.41, 5.74) is -0.469. The van der Waals surface area contributed by atoms with Gasteiger partial charge in [0.25, 0.3) is 0 Å².